The minimum Gasteiger partial charge on any atom is -0.389 e. The quantitative estimate of drug-likeness (QED) is 0.791. The molecule has 0 amide bonds. The number of likely N-dealkylation sites (tertiary alicyclic amines) is 1. The molecule has 0 unspecified atom stereocenters. The molecule has 3 rings (SSSR count). The molecular weight excluding hydrogens is 350 g/mol. The van der Waals surface area contributed by atoms with E-state index in [9.17, 15) is 22.3 Å². The van der Waals surface area contributed by atoms with Gasteiger partial charge in [-0.1, -0.05) is 6.07 Å². The van der Waals surface area contributed by atoms with Crippen LogP contribution in [0.3, 0.4) is 0 Å². The van der Waals surface area contributed by atoms with Crippen molar-refractivity contribution in [2.75, 3.05) is 26.2 Å². The Morgan fingerprint density at radius 1 is 1.52 bits per heavy atom. The van der Waals surface area contributed by atoms with Crippen LogP contribution in [0.4, 0.5) is 8.78 Å². The van der Waals surface area contributed by atoms with Gasteiger partial charge in [-0.25, -0.2) is 21.9 Å². The third-order valence-electron chi connectivity index (χ3n) is 4.04. The lowest BCUT2D eigenvalue weighted by Gasteiger charge is -2.23. The fraction of sp³-hybridized carbons (Fsp3) is 0.692. The zero-order valence-electron chi connectivity index (χ0n) is 12.2. The average Bonchev–Trinajstić information content (AvgIpc) is 3.16. The van der Waals surface area contributed by atoms with Crippen LogP contribution in [-0.4, -0.2) is 68.8 Å². The molecule has 0 bridgehead atoms. The number of ether oxygens (including phenoxy) is 1. The molecule has 6 nitrogen and oxygen atoms in total. The van der Waals surface area contributed by atoms with E-state index >= 15 is 0 Å². The highest BCUT2D eigenvalue weighted by atomic mass is 32.2. The molecule has 3 heterocycles. The van der Waals surface area contributed by atoms with E-state index in [1.807, 2.05) is 0 Å². The van der Waals surface area contributed by atoms with Crippen LogP contribution in [0.5, 0.6) is 0 Å². The molecule has 130 valence electrons. The first kappa shape index (κ1) is 17.2. The molecule has 0 spiro atoms. The number of alkyl halides is 2. The lowest BCUT2D eigenvalue weighted by molar-refractivity contribution is -0.00722. The highest BCUT2D eigenvalue weighted by Crippen LogP contribution is 2.28. The third-order valence-corrected chi connectivity index (χ3v) is 6.92. The van der Waals surface area contributed by atoms with Crippen LogP contribution in [0.25, 0.3) is 0 Å². The lowest BCUT2D eigenvalue weighted by Crippen LogP contribution is -2.46. The molecule has 2 saturated heterocycles. The second kappa shape index (κ2) is 6.34. The Labute approximate surface area is 137 Å². The number of rotatable bonds is 5. The zero-order valence-corrected chi connectivity index (χ0v) is 13.8. The summed E-state index contributed by atoms with van der Waals surface area (Å²) >= 11 is 1.08. The van der Waals surface area contributed by atoms with Crippen molar-refractivity contribution >= 4 is 21.4 Å². The summed E-state index contributed by atoms with van der Waals surface area (Å²) in [4.78, 5) is 1.53. The second-order valence-corrected chi connectivity index (χ2v) is 8.75. The number of nitrogens with zero attached hydrogens (tertiary/aromatic N) is 1. The summed E-state index contributed by atoms with van der Waals surface area (Å²) in [5.41, 5.74) is 0. The van der Waals surface area contributed by atoms with Crippen LogP contribution in [0.2, 0.25) is 0 Å². The van der Waals surface area contributed by atoms with Gasteiger partial charge in [0.15, 0.2) is 0 Å². The van der Waals surface area contributed by atoms with Gasteiger partial charge in [-0.05, 0) is 11.4 Å². The van der Waals surface area contributed by atoms with E-state index in [4.69, 9.17) is 4.74 Å². The van der Waals surface area contributed by atoms with E-state index in [2.05, 4.69) is 4.72 Å². The number of halogens is 2. The number of aliphatic hydroxyl groups is 1. The van der Waals surface area contributed by atoms with Crippen molar-refractivity contribution in [3.8, 4) is 0 Å². The maximum atomic E-state index is 13.2. The van der Waals surface area contributed by atoms with E-state index in [0.717, 1.165) is 11.3 Å². The minimum absolute atomic E-state index is 0.0146. The third kappa shape index (κ3) is 3.89. The van der Waals surface area contributed by atoms with Gasteiger partial charge in [0, 0.05) is 19.5 Å². The maximum absolute atomic E-state index is 13.2. The Kier molecular flexibility index (Phi) is 4.73. The fourth-order valence-electron chi connectivity index (χ4n) is 2.84. The van der Waals surface area contributed by atoms with E-state index in [1.165, 1.54) is 11.0 Å². The van der Waals surface area contributed by atoms with E-state index in [1.54, 1.807) is 11.4 Å². The summed E-state index contributed by atoms with van der Waals surface area (Å²) in [6.45, 7) is 0.0605. The van der Waals surface area contributed by atoms with Gasteiger partial charge < -0.3 is 9.84 Å². The Morgan fingerprint density at radius 2 is 2.30 bits per heavy atom. The molecule has 3 atom stereocenters. The summed E-state index contributed by atoms with van der Waals surface area (Å²) < 4.78 is 58.7. The molecule has 0 radical (unpaired) electrons. The number of hydrogen-bond donors (Lipinski definition) is 2. The van der Waals surface area contributed by atoms with Crippen molar-refractivity contribution in [3.05, 3.63) is 17.5 Å². The molecular formula is C13H18F2N2O4S2. The van der Waals surface area contributed by atoms with Crippen LogP contribution in [-0.2, 0) is 14.8 Å². The predicted molar refractivity (Wildman–Crippen MR) is 80.2 cm³/mol. The van der Waals surface area contributed by atoms with E-state index < -0.39 is 34.2 Å². The smallest absolute Gasteiger partial charge is 0.261 e. The molecule has 0 aliphatic carbocycles. The highest BCUT2D eigenvalue weighted by Gasteiger charge is 2.43. The summed E-state index contributed by atoms with van der Waals surface area (Å²) in [6.07, 6.45) is -1.96. The second-order valence-electron chi connectivity index (χ2n) is 5.86. The number of hydrogen-bond acceptors (Lipinski definition) is 6. The molecule has 1 aromatic heterocycles. The maximum Gasteiger partial charge on any atom is 0.261 e. The lowest BCUT2D eigenvalue weighted by atomic mass is 10.1. The molecule has 2 aliphatic heterocycles. The van der Waals surface area contributed by atoms with Crippen molar-refractivity contribution in [2.45, 2.75) is 34.8 Å². The standard InChI is InChI=1S/C13H18F2N2O4S2/c14-13(15)3-4-17(8-13)6-10-12(18)9(7-21-10)16-23(19,20)11-2-1-5-22-11/h1-2,5,9-10,12,16,18H,3-4,6-8H2/t9-,10-,12+/m0/s1. The van der Waals surface area contributed by atoms with Crippen molar-refractivity contribution in [2.24, 2.45) is 0 Å². The first-order valence-corrected chi connectivity index (χ1v) is 9.59. The first-order chi connectivity index (χ1) is 10.8. The minimum atomic E-state index is -3.71. The largest absolute Gasteiger partial charge is 0.389 e. The zero-order chi connectivity index (χ0) is 16.7. The van der Waals surface area contributed by atoms with Crippen molar-refractivity contribution in [1.29, 1.82) is 0 Å². The molecule has 2 aliphatic rings. The Balaban J connectivity index is 1.58. The van der Waals surface area contributed by atoms with E-state index in [0.29, 0.717) is 0 Å². The van der Waals surface area contributed by atoms with Gasteiger partial charge in [0.25, 0.3) is 5.92 Å². The SMILES string of the molecule is O=S(=O)(N[C@H]1CO[C@@H](CN2CCC(F)(F)C2)[C@@H]1O)c1cccs1. The number of aliphatic hydroxyl groups excluding tert-OH is 1. The van der Waals surface area contributed by atoms with Crippen LogP contribution in [0.1, 0.15) is 6.42 Å². The predicted octanol–water partition coefficient (Wildman–Crippen LogP) is 0.496. The number of thiophene rings is 1. The fourth-order valence-corrected chi connectivity index (χ4v) is 5.09. The van der Waals surface area contributed by atoms with Crippen LogP contribution in [0.15, 0.2) is 21.7 Å². The molecule has 2 fully saturated rings. The number of nitrogens with one attached hydrogen (secondary N) is 1. The van der Waals surface area contributed by atoms with Crippen LogP contribution < -0.4 is 4.72 Å². The molecule has 0 saturated carbocycles. The van der Waals surface area contributed by atoms with Crippen molar-refractivity contribution in [1.82, 2.24) is 9.62 Å². The topological polar surface area (TPSA) is 78.9 Å². The summed E-state index contributed by atoms with van der Waals surface area (Å²) in [7, 11) is -3.71. The molecule has 0 aromatic carbocycles. The molecule has 2 N–H and O–H groups in total. The molecule has 1 aromatic rings. The summed E-state index contributed by atoms with van der Waals surface area (Å²) in [5, 5.41) is 11.9. The Morgan fingerprint density at radius 3 is 2.91 bits per heavy atom. The number of sulfonamides is 1. The average molecular weight is 368 g/mol. The summed E-state index contributed by atoms with van der Waals surface area (Å²) in [6, 6.07) is 2.31. The van der Waals surface area contributed by atoms with Crippen LogP contribution >= 0.6 is 11.3 Å². The van der Waals surface area contributed by atoms with Crippen molar-refractivity contribution in [3.63, 3.8) is 0 Å². The Bertz CT molecular complexity index is 638. The van der Waals surface area contributed by atoms with Gasteiger partial charge in [0.2, 0.25) is 10.0 Å². The first-order valence-electron chi connectivity index (χ1n) is 7.22. The van der Waals surface area contributed by atoms with Gasteiger partial charge in [0.1, 0.15) is 4.21 Å². The van der Waals surface area contributed by atoms with Gasteiger partial charge in [-0.15, -0.1) is 11.3 Å². The van der Waals surface area contributed by atoms with Crippen LogP contribution in [0, 0.1) is 0 Å². The monoisotopic (exact) mass is 368 g/mol. The van der Waals surface area contributed by atoms with Gasteiger partial charge in [-0.3, -0.25) is 4.90 Å². The van der Waals surface area contributed by atoms with Gasteiger partial charge in [-0.2, -0.15) is 0 Å². The highest BCUT2D eigenvalue weighted by molar-refractivity contribution is 7.91. The van der Waals surface area contributed by atoms with Gasteiger partial charge in [0.05, 0.1) is 31.4 Å². The Hall–Kier alpha value is -0.650. The normalized spacial score (nSPS) is 31.7. The van der Waals surface area contributed by atoms with Crippen molar-refractivity contribution < 1.29 is 27.0 Å². The van der Waals surface area contributed by atoms with Gasteiger partial charge >= 0.3 is 0 Å². The molecule has 10 heteroatoms. The van der Waals surface area contributed by atoms with E-state index in [-0.39, 0.29) is 36.9 Å². The molecule has 23 heavy (non-hydrogen) atoms. The summed E-state index contributed by atoms with van der Waals surface area (Å²) in [5.74, 6) is -2.70.